The van der Waals surface area contributed by atoms with E-state index < -0.39 is 27.2 Å². The second-order valence-corrected chi connectivity index (χ2v) is 24.0. The van der Waals surface area contributed by atoms with Crippen molar-refractivity contribution < 1.29 is 45.3 Å². The molecule has 2 amide bonds. The van der Waals surface area contributed by atoms with Gasteiger partial charge >= 0.3 is 7.12 Å². The molecular weight excluding hydrogens is 1120 g/mol. The lowest BCUT2D eigenvalue weighted by molar-refractivity contribution is -0.127. The maximum atomic E-state index is 13.1. The Kier molecular flexibility index (Phi) is 21.7. The van der Waals surface area contributed by atoms with Gasteiger partial charge in [0.15, 0.2) is 0 Å². The number of nitrogens with one attached hydrogen (secondary N) is 4. The molecule has 0 radical (unpaired) electrons. The van der Waals surface area contributed by atoms with Crippen molar-refractivity contribution in [2.75, 3.05) is 0 Å². The van der Waals surface area contributed by atoms with Gasteiger partial charge in [-0.3, -0.25) is 19.6 Å². The number of benzene rings is 4. The number of nitrogens with zero attached hydrogens (tertiary/aromatic N) is 2. The lowest BCUT2D eigenvalue weighted by atomic mass is 9.81. The third kappa shape index (κ3) is 17.4. The van der Waals surface area contributed by atoms with Gasteiger partial charge in [0.05, 0.1) is 26.9 Å². The zero-order chi connectivity index (χ0) is 55.3. The molecule has 0 bridgehead atoms. The second kappa shape index (κ2) is 27.4. The summed E-state index contributed by atoms with van der Waals surface area (Å²) >= 11 is 15.7. The summed E-state index contributed by atoms with van der Waals surface area (Å²) in [5.41, 5.74) is 5.38. The normalized spacial score (nSPS) is 18.4. The Bertz CT molecular complexity index is 3170. The van der Waals surface area contributed by atoms with Crippen LogP contribution in [0.15, 0.2) is 136 Å². The minimum atomic E-state index is -3.76. The fraction of sp³-hybridized carbons (Fsp3) is 0.333. The van der Waals surface area contributed by atoms with Gasteiger partial charge in [0.2, 0.25) is 31.9 Å². The number of carbonyl (C=O) groups is 2. The fourth-order valence-corrected chi connectivity index (χ4v) is 12.3. The van der Waals surface area contributed by atoms with Gasteiger partial charge in [-0.15, -0.1) is 0 Å². The van der Waals surface area contributed by atoms with Crippen LogP contribution in [0.1, 0.15) is 99.8 Å². The van der Waals surface area contributed by atoms with Crippen LogP contribution in [0.25, 0.3) is 11.1 Å². The molecule has 2 aliphatic carbocycles. The first-order valence-electron chi connectivity index (χ1n) is 24.6. The van der Waals surface area contributed by atoms with E-state index in [1.165, 1.54) is 42.5 Å². The van der Waals surface area contributed by atoms with Crippen molar-refractivity contribution in [3.63, 3.8) is 0 Å². The molecule has 6 aromatic rings. The first-order chi connectivity index (χ1) is 36.0. The standard InChI is InChI=1S/C27H29ClFN3O3S.C21H23BrClFN2O3S.C6H8BNO2/c1-17-15-21(13-14-30-17)25-12-11-24(16-26(25)28)36(34,35)32-23-9-5-20(6-10-23)27(33)31-18(2)19-3-7-22(29)8-4-19;1-13(14-2-6-16(24)7-3-14)25-21(27)15-4-8-17(9-5-15)26-30(28,29)18-10-11-19(22)20(23)12-18;1-5-4-6(7(9)10)2-3-8-5/h3-4,7-8,11-16,18,20,23,32H,5-6,9-10H2,1-2H3,(H,31,33);2-3,6-7,10-13,15,17,26H,4-5,8-9H2,1H3,(H,25,27);2-4,9-10H,1H3/t18-,20?,23?;13-,15?,17?;/m11./s1. The van der Waals surface area contributed by atoms with E-state index in [2.05, 4.69) is 46.0 Å². The predicted molar refractivity (Wildman–Crippen MR) is 295 cm³/mol. The van der Waals surface area contributed by atoms with Gasteiger partial charge in [0.25, 0.3) is 0 Å². The molecule has 0 unspecified atom stereocenters. The highest BCUT2D eigenvalue weighted by molar-refractivity contribution is 9.10. The summed E-state index contributed by atoms with van der Waals surface area (Å²) in [5.74, 6) is -1.12. The number of pyridine rings is 2. The number of rotatable bonds is 14. The molecule has 404 valence electrons. The first-order valence-corrected chi connectivity index (χ1v) is 29.1. The average molecular weight is 1180 g/mol. The van der Waals surface area contributed by atoms with Crippen molar-refractivity contribution in [1.29, 1.82) is 0 Å². The van der Waals surface area contributed by atoms with E-state index in [4.69, 9.17) is 33.2 Å². The Morgan fingerprint density at radius 3 is 1.42 bits per heavy atom. The van der Waals surface area contributed by atoms with Gasteiger partial charge in [0, 0.05) is 62.8 Å². The molecule has 6 N–H and O–H groups in total. The lowest BCUT2D eigenvalue weighted by Gasteiger charge is -2.29. The molecule has 0 aliphatic heterocycles. The summed E-state index contributed by atoms with van der Waals surface area (Å²) in [7, 11) is -8.83. The van der Waals surface area contributed by atoms with Crippen molar-refractivity contribution in [3.8, 4) is 11.1 Å². The zero-order valence-electron chi connectivity index (χ0n) is 42.2. The summed E-state index contributed by atoms with van der Waals surface area (Å²) in [5, 5.41) is 24.0. The van der Waals surface area contributed by atoms with Crippen molar-refractivity contribution in [2.24, 2.45) is 11.8 Å². The lowest BCUT2D eigenvalue weighted by Crippen LogP contribution is -2.41. The van der Waals surface area contributed by atoms with Gasteiger partial charge in [-0.2, -0.15) is 0 Å². The van der Waals surface area contributed by atoms with Crippen molar-refractivity contribution >= 4 is 83.6 Å². The topological polar surface area (TPSA) is 217 Å². The Hall–Kier alpha value is -5.16. The molecule has 2 saturated carbocycles. The highest BCUT2D eigenvalue weighted by atomic mass is 79.9. The summed E-state index contributed by atoms with van der Waals surface area (Å²) in [4.78, 5) is 33.6. The molecule has 0 saturated heterocycles. The van der Waals surface area contributed by atoms with E-state index in [9.17, 15) is 35.2 Å². The van der Waals surface area contributed by atoms with Crippen LogP contribution in [-0.4, -0.2) is 67.9 Å². The molecule has 0 spiro atoms. The molecule has 2 fully saturated rings. The van der Waals surface area contributed by atoms with Crippen LogP contribution >= 0.6 is 39.1 Å². The van der Waals surface area contributed by atoms with E-state index in [0.717, 1.165) is 33.6 Å². The fourth-order valence-electron chi connectivity index (χ4n) is 8.84. The Balaban J connectivity index is 0.000000211. The summed E-state index contributed by atoms with van der Waals surface area (Å²) in [6, 6.07) is 27.3. The van der Waals surface area contributed by atoms with Crippen LogP contribution in [0.3, 0.4) is 0 Å². The highest BCUT2D eigenvalue weighted by Crippen LogP contribution is 2.33. The highest BCUT2D eigenvalue weighted by Gasteiger charge is 2.32. The van der Waals surface area contributed by atoms with Gasteiger partial charge < -0.3 is 20.7 Å². The predicted octanol–water partition coefficient (Wildman–Crippen LogP) is 9.59. The average Bonchev–Trinajstić information content (AvgIpc) is 3.38. The van der Waals surface area contributed by atoms with E-state index in [1.807, 2.05) is 32.9 Å². The molecule has 2 aromatic heterocycles. The van der Waals surface area contributed by atoms with Gasteiger partial charge in [-0.25, -0.2) is 35.1 Å². The van der Waals surface area contributed by atoms with E-state index in [1.54, 1.807) is 73.9 Å². The number of aryl methyl sites for hydroxylation is 2. The minimum absolute atomic E-state index is 0.0622. The Morgan fingerprint density at radius 1 is 0.605 bits per heavy atom. The monoisotopic (exact) mass is 1180 g/mol. The number of hydrogen-bond acceptors (Lipinski definition) is 10. The molecule has 76 heavy (non-hydrogen) atoms. The largest absolute Gasteiger partial charge is 0.488 e. The van der Waals surface area contributed by atoms with Gasteiger partial charge in [-0.1, -0.05) is 53.5 Å². The summed E-state index contributed by atoms with van der Waals surface area (Å²) in [6.07, 6.45) is 7.85. The molecule has 2 aliphatic rings. The van der Waals surface area contributed by atoms with Gasteiger partial charge in [-0.05, 0) is 196 Å². The molecule has 22 heteroatoms. The molecule has 2 atom stereocenters. The van der Waals surface area contributed by atoms with Crippen LogP contribution in [0.4, 0.5) is 8.78 Å². The van der Waals surface area contributed by atoms with Crippen LogP contribution in [0, 0.1) is 37.3 Å². The molecule has 14 nitrogen and oxygen atoms in total. The number of sulfonamides is 2. The van der Waals surface area contributed by atoms with E-state index in [0.29, 0.717) is 71.3 Å². The number of amides is 2. The van der Waals surface area contributed by atoms with Gasteiger partial charge in [0.1, 0.15) is 11.6 Å². The number of halogens is 5. The molecule has 8 rings (SSSR count). The number of carbonyl (C=O) groups excluding carboxylic acids is 2. The first kappa shape index (κ1) is 60.1. The summed E-state index contributed by atoms with van der Waals surface area (Å²) in [6.45, 7) is 7.39. The zero-order valence-corrected chi connectivity index (χ0v) is 46.9. The van der Waals surface area contributed by atoms with E-state index in [-0.39, 0.29) is 69.2 Å². The maximum Gasteiger partial charge on any atom is 0.488 e. The van der Waals surface area contributed by atoms with Crippen LogP contribution in [0.2, 0.25) is 10.0 Å². The second-order valence-electron chi connectivity index (χ2n) is 18.9. The van der Waals surface area contributed by atoms with Crippen molar-refractivity contribution in [2.45, 2.75) is 113 Å². The molecule has 2 heterocycles. The quantitative estimate of drug-likeness (QED) is 0.0568. The third-order valence-corrected chi connectivity index (χ3v) is 17.8. The smallest absolute Gasteiger partial charge is 0.423 e. The Labute approximate surface area is 462 Å². The maximum absolute atomic E-state index is 13.1. The minimum Gasteiger partial charge on any atom is -0.423 e. The van der Waals surface area contributed by atoms with Crippen LogP contribution in [0.5, 0.6) is 0 Å². The third-order valence-electron chi connectivity index (χ3n) is 13.2. The van der Waals surface area contributed by atoms with Crippen LogP contribution < -0.4 is 25.5 Å². The van der Waals surface area contributed by atoms with E-state index >= 15 is 0 Å². The molecular formula is C54H60BBrCl2F2N6O8S2. The van der Waals surface area contributed by atoms with Crippen molar-refractivity contribution in [1.82, 2.24) is 30.0 Å². The number of hydrogen-bond donors (Lipinski definition) is 6. The number of aromatic nitrogens is 2. The van der Waals surface area contributed by atoms with Crippen LogP contribution in [-0.2, 0) is 29.6 Å². The summed E-state index contributed by atoms with van der Waals surface area (Å²) < 4.78 is 83.6. The van der Waals surface area contributed by atoms with Crippen molar-refractivity contribution in [3.05, 3.63) is 170 Å². The Morgan fingerprint density at radius 2 is 1.03 bits per heavy atom. The molecule has 4 aromatic carbocycles. The SMILES string of the molecule is C[C@@H](NC(=O)C1CCC(NS(=O)(=O)c2ccc(Br)c(Cl)c2)CC1)c1ccc(F)cc1.Cc1cc(-c2ccc(S(=O)(=O)NC3CCC(C(=O)N[C@H](C)c4ccc(F)cc4)CC3)cc2Cl)ccn1.Cc1cc(B(O)O)ccn1.